The maximum absolute atomic E-state index is 15.3. The van der Waals surface area contributed by atoms with Gasteiger partial charge in [0.05, 0.1) is 6.20 Å². The average Bonchev–Trinajstić information content (AvgIpc) is 2.77. The van der Waals surface area contributed by atoms with Crippen LogP contribution in [0, 0.1) is 5.82 Å². The van der Waals surface area contributed by atoms with Crippen LogP contribution in [-0.2, 0) is 10.3 Å². The summed E-state index contributed by atoms with van der Waals surface area (Å²) < 4.78 is 105. The molecule has 1 aromatic heterocycles. The van der Waals surface area contributed by atoms with E-state index in [0.717, 1.165) is 57.3 Å². The Labute approximate surface area is 212 Å². The van der Waals surface area contributed by atoms with Gasteiger partial charge < -0.3 is 20.5 Å². The number of ether oxygens (including phenoxy) is 2. The van der Waals surface area contributed by atoms with Gasteiger partial charge in [-0.3, -0.25) is 4.79 Å². The first-order valence-corrected chi connectivity index (χ1v) is 10.3. The highest BCUT2D eigenvalue weighted by molar-refractivity contribution is 6.02. The second kappa shape index (κ2) is 10.2. The van der Waals surface area contributed by atoms with E-state index in [1.807, 2.05) is 0 Å². The monoisotopic (exact) mass is 558 g/mol. The first kappa shape index (κ1) is 29.9. The molecule has 1 aliphatic heterocycles. The number of nitrogens with zero attached hydrogens (tertiary/aromatic N) is 2. The zero-order chi connectivity index (χ0) is 27.1. The Bertz CT molecular complexity index is 1180. The number of carbonyl (C=O) groups is 1. The zero-order valence-electron chi connectivity index (χ0n) is 19.5. The molecule has 15 heteroatoms. The fourth-order valence-electron chi connectivity index (χ4n) is 3.46. The highest BCUT2D eigenvalue weighted by Crippen LogP contribution is 2.51. The summed E-state index contributed by atoms with van der Waals surface area (Å²) in [6, 6.07) is 4.42. The van der Waals surface area contributed by atoms with E-state index in [0.29, 0.717) is 0 Å². The molecule has 3 rings (SSSR count). The van der Waals surface area contributed by atoms with E-state index in [1.54, 1.807) is 0 Å². The first-order chi connectivity index (χ1) is 16.5. The molecule has 7 nitrogen and oxygen atoms in total. The summed E-state index contributed by atoms with van der Waals surface area (Å²) in [5, 5.41) is 2.34. The van der Waals surface area contributed by atoms with Crippen LogP contribution in [0.5, 0.6) is 5.75 Å². The molecule has 2 aromatic rings. The summed E-state index contributed by atoms with van der Waals surface area (Å²) in [6.45, 7) is 1.56. The number of alkyl halides is 6. The van der Waals surface area contributed by atoms with Crippen molar-refractivity contribution in [2.24, 2.45) is 10.7 Å². The third kappa shape index (κ3) is 5.68. The molecule has 1 aliphatic rings. The molecule has 0 saturated heterocycles. The standard InChI is InChI=1S/C22H21F7N4O3.ClH/c1-19(2)22(28,29)20(3,36-18(30)33-19)13-8-11(4-6-14(13)23)32-16(34)15-7-5-12(9-31-15)35-10-21(26,27)17(24)25;/h4-9,17H,10H2,1-3H3,(H2,30,33)(H,32,34);1H/t20-;/m1./s1. The van der Waals surface area contributed by atoms with Crippen LogP contribution in [0.2, 0.25) is 0 Å². The predicted molar refractivity (Wildman–Crippen MR) is 121 cm³/mol. The van der Waals surface area contributed by atoms with Crippen LogP contribution in [0.1, 0.15) is 36.8 Å². The van der Waals surface area contributed by atoms with Crippen molar-refractivity contribution in [3.63, 3.8) is 0 Å². The molecule has 0 radical (unpaired) electrons. The third-order valence-electron chi connectivity index (χ3n) is 5.52. The smallest absolute Gasteiger partial charge is 0.340 e. The Balaban J connectivity index is 0.00000481. The van der Waals surface area contributed by atoms with Gasteiger partial charge in [0.25, 0.3) is 11.9 Å². The van der Waals surface area contributed by atoms with Gasteiger partial charge >= 0.3 is 18.3 Å². The molecule has 1 aromatic carbocycles. The van der Waals surface area contributed by atoms with Crippen LogP contribution in [-0.4, -0.2) is 47.3 Å². The van der Waals surface area contributed by atoms with Gasteiger partial charge in [0.2, 0.25) is 5.60 Å². The number of aliphatic imine (C=N–C) groups is 1. The number of amides is 1. The van der Waals surface area contributed by atoms with Crippen LogP contribution < -0.4 is 15.8 Å². The molecule has 1 amide bonds. The second-order valence-corrected chi connectivity index (χ2v) is 8.60. The van der Waals surface area contributed by atoms with Gasteiger partial charge in [-0.2, -0.15) is 17.6 Å². The third-order valence-corrected chi connectivity index (χ3v) is 5.52. The highest BCUT2D eigenvalue weighted by atomic mass is 35.5. The van der Waals surface area contributed by atoms with Crippen molar-refractivity contribution in [1.29, 1.82) is 0 Å². The van der Waals surface area contributed by atoms with Gasteiger partial charge in [0.15, 0.2) is 6.61 Å². The van der Waals surface area contributed by atoms with E-state index in [9.17, 15) is 26.7 Å². The number of halogens is 8. The first-order valence-electron chi connectivity index (χ1n) is 10.3. The van der Waals surface area contributed by atoms with Gasteiger partial charge in [-0.25, -0.2) is 23.1 Å². The zero-order valence-corrected chi connectivity index (χ0v) is 20.3. The van der Waals surface area contributed by atoms with E-state index in [2.05, 4.69) is 20.0 Å². The van der Waals surface area contributed by atoms with Crippen molar-refractivity contribution < 1.29 is 45.0 Å². The fraction of sp³-hybridized carbons (Fsp3) is 0.409. The van der Waals surface area contributed by atoms with E-state index in [4.69, 9.17) is 10.5 Å². The highest BCUT2D eigenvalue weighted by Gasteiger charge is 2.66. The Hall–Kier alpha value is -3.29. The van der Waals surface area contributed by atoms with E-state index in [-0.39, 0.29) is 29.5 Å². The molecular formula is C22H22ClF7N4O3. The molecular weight excluding hydrogens is 537 g/mol. The topological polar surface area (TPSA) is 98.8 Å². The van der Waals surface area contributed by atoms with Crippen LogP contribution in [0.3, 0.4) is 0 Å². The fourth-order valence-corrected chi connectivity index (χ4v) is 3.46. The lowest BCUT2D eigenvalue weighted by Crippen LogP contribution is -2.62. The van der Waals surface area contributed by atoms with Crippen LogP contribution >= 0.6 is 12.4 Å². The van der Waals surface area contributed by atoms with Crippen LogP contribution in [0.4, 0.5) is 36.4 Å². The molecule has 0 unspecified atom stereocenters. The molecule has 0 bridgehead atoms. The summed E-state index contributed by atoms with van der Waals surface area (Å²) in [5.41, 5.74) is -0.0239. The molecule has 2 heterocycles. The molecule has 3 N–H and O–H groups in total. The lowest BCUT2D eigenvalue weighted by molar-refractivity contribution is -0.215. The maximum atomic E-state index is 15.3. The molecule has 0 fully saturated rings. The van der Waals surface area contributed by atoms with Gasteiger partial charge in [-0.15, -0.1) is 12.4 Å². The number of benzene rings is 1. The number of nitrogens with two attached hydrogens (primary N) is 1. The summed E-state index contributed by atoms with van der Waals surface area (Å²) in [7, 11) is 0. The summed E-state index contributed by atoms with van der Waals surface area (Å²) in [5.74, 6) is -10.3. The van der Waals surface area contributed by atoms with Crippen molar-refractivity contribution in [1.82, 2.24) is 4.98 Å². The molecule has 204 valence electrons. The SMILES string of the molecule is CC1(C)N=C(N)O[C@](C)(c2cc(NC(=O)c3ccc(OCC(F)(F)C(F)F)cn3)ccc2F)C1(F)F.Cl. The second-order valence-electron chi connectivity index (χ2n) is 8.60. The molecule has 0 spiro atoms. The van der Waals surface area contributed by atoms with Gasteiger partial charge in [0.1, 0.15) is 22.8 Å². The number of hydrogen-bond acceptors (Lipinski definition) is 6. The Morgan fingerprint density at radius 2 is 1.84 bits per heavy atom. The Morgan fingerprint density at radius 3 is 2.41 bits per heavy atom. The van der Waals surface area contributed by atoms with Crippen LogP contribution in [0.25, 0.3) is 0 Å². The van der Waals surface area contributed by atoms with Gasteiger partial charge in [0, 0.05) is 11.3 Å². The lowest BCUT2D eigenvalue weighted by atomic mass is 9.78. The number of amidine groups is 1. The van der Waals surface area contributed by atoms with Crippen molar-refractivity contribution >= 4 is 30.0 Å². The van der Waals surface area contributed by atoms with Gasteiger partial charge in [-0.1, -0.05) is 0 Å². The number of rotatable bonds is 7. The van der Waals surface area contributed by atoms with Crippen molar-refractivity contribution in [2.45, 2.75) is 50.2 Å². The van der Waals surface area contributed by atoms with Crippen molar-refractivity contribution in [3.05, 3.63) is 53.6 Å². The number of hydrogen-bond donors (Lipinski definition) is 2. The van der Waals surface area contributed by atoms with Crippen molar-refractivity contribution in [3.8, 4) is 5.75 Å². The number of anilines is 1. The number of carbonyl (C=O) groups excluding carboxylic acids is 1. The molecule has 0 saturated carbocycles. The number of pyridine rings is 1. The normalized spacial score (nSPS) is 20.4. The van der Waals surface area contributed by atoms with Crippen molar-refractivity contribution in [2.75, 3.05) is 11.9 Å². The van der Waals surface area contributed by atoms with Crippen LogP contribution in [0.15, 0.2) is 41.5 Å². The predicted octanol–water partition coefficient (Wildman–Crippen LogP) is 5.15. The van der Waals surface area contributed by atoms with E-state index in [1.165, 1.54) is 0 Å². The largest absolute Gasteiger partial charge is 0.485 e. The molecule has 0 aliphatic carbocycles. The molecule has 37 heavy (non-hydrogen) atoms. The summed E-state index contributed by atoms with van der Waals surface area (Å²) >= 11 is 0. The summed E-state index contributed by atoms with van der Waals surface area (Å²) in [4.78, 5) is 19.8. The van der Waals surface area contributed by atoms with E-state index < -0.39 is 59.3 Å². The Kier molecular flexibility index (Phi) is 8.27. The summed E-state index contributed by atoms with van der Waals surface area (Å²) in [6.07, 6.45) is -3.07. The quantitative estimate of drug-likeness (QED) is 0.458. The Morgan fingerprint density at radius 1 is 1.19 bits per heavy atom. The maximum Gasteiger partial charge on any atom is 0.340 e. The van der Waals surface area contributed by atoms with Gasteiger partial charge in [-0.05, 0) is 51.1 Å². The minimum atomic E-state index is -4.38. The number of nitrogens with one attached hydrogen (secondary N) is 1. The lowest BCUT2D eigenvalue weighted by Gasteiger charge is -2.47. The molecule has 1 atom stereocenters. The average molecular weight is 559 g/mol. The number of aromatic nitrogens is 1. The van der Waals surface area contributed by atoms with E-state index >= 15 is 8.78 Å². The minimum absolute atomic E-state index is 0. The minimum Gasteiger partial charge on any atom is -0.485 e.